The van der Waals surface area contributed by atoms with Crippen molar-refractivity contribution in [2.45, 2.75) is 70.8 Å². The molecule has 0 aromatic carbocycles. The van der Waals surface area contributed by atoms with Gasteiger partial charge in [0, 0.05) is 41.8 Å². The van der Waals surface area contributed by atoms with Gasteiger partial charge in [-0.15, -0.1) is 11.3 Å². The zero-order valence-corrected chi connectivity index (χ0v) is 19.0. The highest BCUT2D eigenvalue weighted by Crippen LogP contribution is 2.30. The fraction of sp³-hybridized carbons (Fsp3) is 0.636. The largest absolute Gasteiger partial charge is 0.341 e. The molecule has 2 aromatic rings. The minimum Gasteiger partial charge on any atom is -0.341 e. The van der Waals surface area contributed by atoms with Crippen molar-refractivity contribution < 1.29 is 4.79 Å². The summed E-state index contributed by atoms with van der Waals surface area (Å²) in [6, 6.07) is 1.97. The molecule has 30 heavy (non-hydrogen) atoms. The summed E-state index contributed by atoms with van der Waals surface area (Å²) in [5.41, 5.74) is 0.572. The lowest BCUT2D eigenvalue weighted by molar-refractivity contribution is -0.138. The quantitative estimate of drug-likeness (QED) is 0.728. The Morgan fingerprint density at radius 2 is 2.17 bits per heavy atom. The van der Waals surface area contributed by atoms with Crippen LogP contribution in [0.1, 0.15) is 68.3 Å². The van der Waals surface area contributed by atoms with Gasteiger partial charge in [-0.25, -0.2) is 15.0 Å². The zero-order valence-electron chi connectivity index (χ0n) is 18.2. The summed E-state index contributed by atoms with van der Waals surface area (Å²) in [5, 5.41) is 7.62. The normalized spacial score (nSPS) is 22.4. The summed E-state index contributed by atoms with van der Waals surface area (Å²) in [7, 11) is 0. The molecule has 2 aromatic heterocycles. The molecular weight excluding hydrogens is 396 g/mol. The number of nitrogens with one attached hydrogen (secondary N) is 2. The zero-order chi connectivity index (χ0) is 21.1. The molecule has 0 radical (unpaired) electrons. The first kappa shape index (κ1) is 21.2. The first-order valence-corrected chi connectivity index (χ1v) is 11.9. The van der Waals surface area contributed by atoms with E-state index >= 15 is 0 Å². The Hall–Kier alpha value is -2.06. The van der Waals surface area contributed by atoms with Crippen molar-refractivity contribution in [3.05, 3.63) is 28.7 Å². The standard InChI is InChI=1S/C22H32N6OS/c1-4-6-17-14-23-21(30-17)27-18-13-15(2)25-19(26-18)16-7-11-28(12-8-16)20(29)22(3)9-5-10-24-22/h13-14,16,24H,4-12H2,1-3H3,(H,23,25,26,27). The molecular formula is C22H32N6OS. The number of anilines is 2. The molecule has 2 saturated heterocycles. The number of thiazole rings is 1. The molecule has 4 heterocycles. The molecule has 2 N–H and O–H groups in total. The monoisotopic (exact) mass is 428 g/mol. The highest BCUT2D eigenvalue weighted by Gasteiger charge is 2.40. The molecule has 2 fully saturated rings. The van der Waals surface area contributed by atoms with Crippen LogP contribution in [-0.2, 0) is 11.2 Å². The van der Waals surface area contributed by atoms with Crippen molar-refractivity contribution in [1.82, 2.24) is 25.2 Å². The number of aromatic nitrogens is 3. The van der Waals surface area contributed by atoms with Gasteiger partial charge in [0.2, 0.25) is 5.91 Å². The van der Waals surface area contributed by atoms with Crippen LogP contribution in [0.3, 0.4) is 0 Å². The first-order valence-electron chi connectivity index (χ1n) is 11.1. The number of aryl methyl sites for hydroxylation is 2. The maximum Gasteiger partial charge on any atom is 0.242 e. The second kappa shape index (κ2) is 8.98. The third-order valence-corrected chi connectivity index (χ3v) is 7.12. The number of piperidine rings is 1. The van der Waals surface area contributed by atoms with E-state index in [-0.39, 0.29) is 17.4 Å². The number of likely N-dealkylation sites (tertiary alicyclic amines) is 1. The predicted molar refractivity (Wildman–Crippen MR) is 120 cm³/mol. The third-order valence-electron chi connectivity index (χ3n) is 6.14. The average Bonchev–Trinajstić information content (AvgIpc) is 3.37. The molecule has 8 heteroatoms. The predicted octanol–water partition coefficient (Wildman–Crippen LogP) is 3.79. The number of rotatable bonds is 6. The minimum absolute atomic E-state index is 0.248. The topological polar surface area (TPSA) is 83.0 Å². The summed E-state index contributed by atoms with van der Waals surface area (Å²) < 4.78 is 0. The van der Waals surface area contributed by atoms with Crippen molar-refractivity contribution in [3.63, 3.8) is 0 Å². The maximum absolute atomic E-state index is 12.9. The van der Waals surface area contributed by atoms with Gasteiger partial charge in [0.05, 0.1) is 5.54 Å². The van der Waals surface area contributed by atoms with Gasteiger partial charge < -0.3 is 15.5 Å². The highest BCUT2D eigenvalue weighted by atomic mass is 32.1. The number of hydrogen-bond donors (Lipinski definition) is 2. The first-order chi connectivity index (χ1) is 14.5. The van der Waals surface area contributed by atoms with Gasteiger partial charge in [-0.2, -0.15) is 0 Å². The Morgan fingerprint density at radius 1 is 1.37 bits per heavy atom. The average molecular weight is 429 g/mol. The van der Waals surface area contributed by atoms with Crippen LogP contribution >= 0.6 is 11.3 Å². The molecule has 0 bridgehead atoms. The Balaban J connectivity index is 1.40. The van der Waals surface area contributed by atoms with Crippen molar-refractivity contribution in [2.75, 3.05) is 25.0 Å². The maximum atomic E-state index is 12.9. The summed E-state index contributed by atoms with van der Waals surface area (Å²) in [6.07, 6.45) is 7.93. The molecule has 2 aliphatic rings. The van der Waals surface area contributed by atoms with Gasteiger partial charge >= 0.3 is 0 Å². The fourth-order valence-electron chi connectivity index (χ4n) is 4.44. The lowest BCUT2D eigenvalue weighted by Gasteiger charge is -2.36. The van der Waals surface area contributed by atoms with E-state index in [9.17, 15) is 4.79 Å². The van der Waals surface area contributed by atoms with Crippen molar-refractivity contribution in [3.8, 4) is 0 Å². The van der Waals surface area contributed by atoms with Gasteiger partial charge in [-0.05, 0) is 52.5 Å². The molecule has 2 aliphatic heterocycles. The molecule has 1 unspecified atom stereocenters. The van der Waals surface area contributed by atoms with Crippen molar-refractivity contribution >= 4 is 28.2 Å². The van der Waals surface area contributed by atoms with Crippen molar-refractivity contribution in [1.29, 1.82) is 0 Å². The lowest BCUT2D eigenvalue weighted by atomic mass is 9.92. The van der Waals surface area contributed by atoms with Crippen LogP contribution in [0.25, 0.3) is 0 Å². The van der Waals surface area contributed by atoms with E-state index < -0.39 is 0 Å². The van der Waals surface area contributed by atoms with E-state index in [1.54, 1.807) is 11.3 Å². The van der Waals surface area contributed by atoms with E-state index in [4.69, 9.17) is 9.97 Å². The van der Waals surface area contributed by atoms with Crippen LogP contribution < -0.4 is 10.6 Å². The number of carbonyl (C=O) groups excluding carboxylic acids is 1. The number of carbonyl (C=O) groups is 1. The van der Waals surface area contributed by atoms with Gasteiger partial charge in [0.1, 0.15) is 11.6 Å². The summed E-state index contributed by atoms with van der Waals surface area (Å²) in [4.78, 5) is 30.2. The molecule has 1 atom stereocenters. The van der Waals surface area contributed by atoms with E-state index in [0.717, 1.165) is 80.6 Å². The molecule has 162 valence electrons. The molecule has 0 aliphatic carbocycles. The smallest absolute Gasteiger partial charge is 0.242 e. The van der Waals surface area contributed by atoms with Crippen LogP contribution in [0.2, 0.25) is 0 Å². The Labute approximate surface area is 182 Å². The molecule has 0 saturated carbocycles. The third kappa shape index (κ3) is 4.64. The van der Waals surface area contributed by atoms with E-state index in [1.165, 1.54) is 4.88 Å². The number of amides is 1. The van der Waals surface area contributed by atoms with Crippen LogP contribution in [0, 0.1) is 6.92 Å². The molecule has 7 nitrogen and oxygen atoms in total. The summed E-state index contributed by atoms with van der Waals surface area (Å²) in [5.74, 6) is 2.21. The Morgan fingerprint density at radius 3 is 2.87 bits per heavy atom. The molecule has 0 spiro atoms. The number of hydrogen-bond acceptors (Lipinski definition) is 7. The molecule has 1 amide bonds. The molecule has 4 rings (SSSR count). The van der Waals surface area contributed by atoms with Crippen LogP contribution in [0.5, 0.6) is 0 Å². The lowest BCUT2D eigenvalue weighted by Crippen LogP contribution is -2.54. The summed E-state index contributed by atoms with van der Waals surface area (Å²) >= 11 is 1.68. The van der Waals surface area contributed by atoms with Gasteiger partial charge in [0.15, 0.2) is 5.13 Å². The van der Waals surface area contributed by atoms with E-state index in [1.807, 2.05) is 31.0 Å². The second-order valence-corrected chi connectivity index (χ2v) is 9.80. The van der Waals surface area contributed by atoms with E-state index in [0.29, 0.717) is 0 Å². The minimum atomic E-state index is -0.381. The Kier molecular flexibility index (Phi) is 6.34. The Bertz CT molecular complexity index is 884. The van der Waals surface area contributed by atoms with Crippen LogP contribution in [0.4, 0.5) is 10.9 Å². The van der Waals surface area contributed by atoms with Crippen molar-refractivity contribution in [2.24, 2.45) is 0 Å². The van der Waals surface area contributed by atoms with E-state index in [2.05, 4.69) is 22.5 Å². The van der Waals surface area contributed by atoms with Gasteiger partial charge in [-0.3, -0.25) is 4.79 Å². The number of nitrogens with zero attached hydrogens (tertiary/aromatic N) is 4. The van der Waals surface area contributed by atoms with Crippen LogP contribution in [0.15, 0.2) is 12.3 Å². The fourth-order valence-corrected chi connectivity index (χ4v) is 5.36. The van der Waals surface area contributed by atoms with Crippen LogP contribution in [-0.4, -0.2) is 50.9 Å². The highest BCUT2D eigenvalue weighted by molar-refractivity contribution is 7.15. The van der Waals surface area contributed by atoms with Gasteiger partial charge in [0.25, 0.3) is 0 Å². The summed E-state index contributed by atoms with van der Waals surface area (Å²) in [6.45, 7) is 8.70. The SMILES string of the molecule is CCCc1cnc(Nc2cc(C)nc(C3CCN(C(=O)C4(C)CCCN4)CC3)n2)s1. The second-order valence-electron chi connectivity index (χ2n) is 8.69. The van der Waals surface area contributed by atoms with Gasteiger partial charge in [-0.1, -0.05) is 13.3 Å².